The fraction of sp³-hybridized carbons (Fsp3) is 0.727. The largest absolute Gasteiger partial charge is 0.497 e. The van der Waals surface area contributed by atoms with E-state index in [1.165, 1.54) is 4.90 Å². The molecule has 5 fully saturated rings. The standard InChI is InChI=1S/C14H19F2NO3.C14H19F2NO2.C11H19F2NO3.C9H15F2NO2.C7H13F2NO4S/c1-20-10-4-2-3-9(5-10)6-17-7-11(14(15)16)13(19)12(18)8-17;1-9-2-4-10(5-3-9)6-17-7-11(14(15)16)13(19)12(18)8-17;1-2-3-4-9(16)14-5-7(11(12)13)10(17)8(15)6-14;1-2-3-12-4-6(9(10)11)8(14)7(13)5-12;1-15(13,14)10-2-4(7(8)9)6(12)5(11)3-10/h2-5,11-14,18-19H,6-8H2,1H3;2-5,11-14,18-19H,6-8H2,1H3;7-8,10-11,15,17H,2-6H2,1H3;2,6-9,13-14H,1,3-5H2;4-7,11-12H,2-3H2,1H3/t2*11-,12+,13+;7-,8+,10+;6-,7+,8+;4-,5+,6+/m00000/s1. The third-order valence-corrected chi connectivity index (χ3v) is 16.4. The lowest BCUT2D eigenvalue weighted by Crippen LogP contribution is -2.56. The zero-order chi connectivity index (χ0) is 64.2. The van der Waals surface area contributed by atoms with Crippen molar-refractivity contribution in [1.29, 1.82) is 0 Å². The number of β-amino-alcohol motifs (C(OH)–C–C–N with tert-alkyl or cyclic N) is 5. The first kappa shape index (κ1) is 75.4. The van der Waals surface area contributed by atoms with Gasteiger partial charge in [-0.05, 0) is 36.6 Å². The summed E-state index contributed by atoms with van der Waals surface area (Å²) in [6.07, 6.45) is -22.3. The summed E-state index contributed by atoms with van der Waals surface area (Å²) in [5.41, 5.74) is 3.08. The molecular formula is C55H85F10N5O14S. The molecule has 1 amide bonds. The van der Waals surface area contributed by atoms with Gasteiger partial charge in [0.25, 0.3) is 0 Å². The molecule has 0 saturated carbocycles. The highest BCUT2D eigenvalue weighted by molar-refractivity contribution is 7.88. The summed E-state index contributed by atoms with van der Waals surface area (Å²) in [5.74, 6) is -6.00. The zero-order valence-corrected chi connectivity index (χ0v) is 48.6. The zero-order valence-electron chi connectivity index (χ0n) is 47.8. The number of benzene rings is 2. The number of unbranched alkanes of at least 4 members (excludes halogenated alkanes) is 1. The number of aliphatic hydroxyl groups is 10. The van der Waals surface area contributed by atoms with Gasteiger partial charge in [-0.15, -0.1) is 6.58 Å². The number of ether oxygens (including phenoxy) is 1. The summed E-state index contributed by atoms with van der Waals surface area (Å²) in [4.78, 5) is 18.0. The van der Waals surface area contributed by atoms with E-state index in [2.05, 4.69) is 6.58 Å². The van der Waals surface area contributed by atoms with Crippen LogP contribution in [-0.2, 0) is 27.9 Å². The Kier molecular flexibility index (Phi) is 31.9. The average molecular weight is 1260 g/mol. The molecule has 0 bridgehead atoms. The van der Waals surface area contributed by atoms with Crippen molar-refractivity contribution >= 4 is 15.9 Å². The summed E-state index contributed by atoms with van der Waals surface area (Å²) in [6, 6.07) is 15.2. The Labute approximate surface area is 489 Å². The lowest BCUT2D eigenvalue weighted by Gasteiger charge is -2.39. The minimum Gasteiger partial charge on any atom is -0.497 e. The molecule has 0 aromatic heterocycles. The van der Waals surface area contributed by atoms with Crippen molar-refractivity contribution in [2.45, 2.75) is 139 Å². The second kappa shape index (κ2) is 36.0. The molecule has 5 aliphatic heterocycles. The smallest absolute Gasteiger partial charge is 0.245 e. The number of likely N-dealkylation sites (tertiary alicyclic amines) is 4. The molecule has 15 atom stereocenters. The highest BCUT2D eigenvalue weighted by Crippen LogP contribution is 2.30. The van der Waals surface area contributed by atoms with E-state index in [1.54, 1.807) is 34.0 Å². The number of alkyl halides is 10. The number of aryl methyl sites for hydroxylation is 1. The molecule has 19 nitrogen and oxygen atoms in total. The first-order valence-corrected chi connectivity index (χ1v) is 29.5. The molecule has 7 rings (SSSR count). The van der Waals surface area contributed by atoms with Gasteiger partial charge in [-0.3, -0.25) is 19.5 Å². The van der Waals surface area contributed by atoms with Gasteiger partial charge < -0.3 is 60.7 Å². The van der Waals surface area contributed by atoms with E-state index in [9.17, 15) is 108 Å². The molecule has 0 radical (unpaired) electrons. The molecule has 2 aromatic rings. The molecule has 30 heteroatoms. The van der Waals surface area contributed by atoms with Gasteiger partial charge in [-0.2, -0.15) is 4.31 Å². The van der Waals surface area contributed by atoms with E-state index in [0.717, 1.165) is 33.7 Å². The van der Waals surface area contributed by atoms with Crippen LogP contribution in [0, 0.1) is 36.5 Å². The molecule has 490 valence electrons. The number of amides is 1. The van der Waals surface area contributed by atoms with Crippen molar-refractivity contribution < 1.29 is 113 Å². The minimum atomic E-state index is -3.62. The van der Waals surface area contributed by atoms with E-state index >= 15 is 0 Å². The van der Waals surface area contributed by atoms with Crippen molar-refractivity contribution in [1.82, 2.24) is 23.9 Å². The molecule has 0 unspecified atom stereocenters. The van der Waals surface area contributed by atoms with E-state index in [1.807, 2.05) is 56.3 Å². The van der Waals surface area contributed by atoms with Crippen LogP contribution in [0.4, 0.5) is 43.9 Å². The number of hydrogen-bond acceptors (Lipinski definition) is 17. The number of nitrogens with zero attached hydrogens (tertiary/aromatic N) is 5. The summed E-state index contributed by atoms with van der Waals surface area (Å²) in [7, 11) is -2.06. The number of aliphatic hydroxyl groups excluding tert-OH is 10. The number of carbonyl (C=O) groups is 1. The fourth-order valence-electron chi connectivity index (χ4n) is 10.2. The lowest BCUT2D eigenvalue weighted by atomic mass is 9.92. The van der Waals surface area contributed by atoms with Crippen molar-refractivity contribution in [3.05, 3.63) is 77.9 Å². The third-order valence-electron chi connectivity index (χ3n) is 15.2. The quantitative estimate of drug-likeness (QED) is 0.0852. The monoisotopic (exact) mass is 1260 g/mol. The predicted molar refractivity (Wildman–Crippen MR) is 291 cm³/mol. The second-order valence-corrected chi connectivity index (χ2v) is 24.0. The fourth-order valence-corrected chi connectivity index (χ4v) is 11.0. The van der Waals surface area contributed by atoms with Gasteiger partial charge in [0, 0.05) is 91.5 Å². The van der Waals surface area contributed by atoms with Gasteiger partial charge in [-0.1, -0.05) is 61.4 Å². The van der Waals surface area contributed by atoms with E-state index in [0.29, 0.717) is 38.2 Å². The number of rotatable bonds is 16. The summed E-state index contributed by atoms with van der Waals surface area (Å²) in [6.45, 7) is 8.64. The highest BCUT2D eigenvalue weighted by atomic mass is 32.2. The maximum Gasteiger partial charge on any atom is 0.245 e. The normalized spacial score (nSPS) is 30.8. The summed E-state index contributed by atoms with van der Waals surface area (Å²) >= 11 is 0. The maximum atomic E-state index is 12.9. The van der Waals surface area contributed by atoms with Crippen molar-refractivity contribution in [3.8, 4) is 5.75 Å². The van der Waals surface area contributed by atoms with Gasteiger partial charge in [0.15, 0.2) is 0 Å². The maximum absolute atomic E-state index is 12.9. The summed E-state index contributed by atoms with van der Waals surface area (Å²) in [5, 5.41) is 94.5. The van der Waals surface area contributed by atoms with E-state index in [-0.39, 0.29) is 64.8 Å². The Morgan fingerprint density at radius 1 is 0.565 bits per heavy atom. The Morgan fingerprint density at radius 2 is 0.953 bits per heavy atom. The van der Waals surface area contributed by atoms with Crippen LogP contribution < -0.4 is 4.74 Å². The Morgan fingerprint density at radius 3 is 1.36 bits per heavy atom. The lowest BCUT2D eigenvalue weighted by molar-refractivity contribution is -0.150. The molecule has 0 aliphatic carbocycles. The molecule has 2 aromatic carbocycles. The molecule has 10 N–H and O–H groups in total. The van der Waals surface area contributed by atoms with Gasteiger partial charge in [0.05, 0.1) is 104 Å². The first-order valence-electron chi connectivity index (χ1n) is 27.6. The predicted octanol–water partition coefficient (Wildman–Crippen LogP) is 2.11. The Hall–Kier alpha value is -3.86. The van der Waals surface area contributed by atoms with Crippen LogP contribution in [0.2, 0.25) is 0 Å². The van der Waals surface area contributed by atoms with Crippen molar-refractivity contribution in [2.24, 2.45) is 29.6 Å². The van der Waals surface area contributed by atoms with Crippen LogP contribution >= 0.6 is 0 Å². The number of methoxy groups -OCH3 is 1. The van der Waals surface area contributed by atoms with Crippen LogP contribution in [0.1, 0.15) is 42.9 Å². The average Bonchev–Trinajstić information content (AvgIpc) is 3.34. The van der Waals surface area contributed by atoms with E-state index in [4.69, 9.17) is 4.74 Å². The third kappa shape index (κ3) is 23.9. The van der Waals surface area contributed by atoms with Gasteiger partial charge >= 0.3 is 0 Å². The first-order chi connectivity index (χ1) is 39.7. The minimum absolute atomic E-state index is 0.0626. The Bertz CT molecular complexity index is 2370. The highest BCUT2D eigenvalue weighted by Gasteiger charge is 2.45. The van der Waals surface area contributed by atoms with Crippen LogP contribution in [0.3, 0.4) is 0 Å². The molecule has 5 aliphatic rings. The number of hydrogen-bond donors (Lipinski definition) is 10. The van der Waals surface area contributed by atoms with Crippen LogP contribution in [-0.4, -0.2) is 268 Å². The van der Waals surface area contributed by atoms with Gasteiger partial charge in [-0.25, -0.2) is 52.3 Å². The summed E-state index contributed by atoms with van der Waals surface area (Å²) < 4.78 is 154. The number of carbonyl (C=O) groups excluding carboxylic acids is 1. The molecule has 5 saturated heterocycles. The number of piperidine rings is 5. The SMILES string of the molecule is C=CCN1C[C@@H](O)[C@H](O)[C@@H](C(F)F)C1.CCCCC(=O)N1C[C@@H](O)[C@H](O)[C@@H](C(F)F)C1.COc1cccc(CN2C[C@@H](O)[C@H](O)[C@@H](C(F)F)C2)c1.CS(=O)(=O)N1C[C@@H](O)[C@H](O)[C@@H](C(F)F)C1.Cc1ccc(CN2C[C@@H](O)[C@H](O)[C@@H](C(F)F)C2)cc1. The Balaban J connectivity index is 0.000000280. The van der Waals surface area contributed by atoms with E-state index < -0.39 is 139 Å². The molecular weight excluding hydrogens is 1180 g/mol. The van der Waals surface area contributed by atoms with Crippen molar-refractivity contribution in [2.75, 3.05) is 85.4 Å². The molecule has 0 spiro atoms. The molecule has 5 heterocycles. The van der Waals surface area contributed by atoms with Crippen LogP contribution in [0.5, 0.6) is 5.75 Å². The van der Waals surface area contributed by atoms with Crippen LogP contribution in [0.25, 0.3) is 0 Å². The number of sulfonamides is 1. The molecule has 85 heavy (non-hydrogen) atoms. The van der Waals surface area contributed by atoms with Gasteiger partial charge in [0.1, 0.15) is 5.75 Å². The van der Waals surface area contributed by atoms with Crippen LogP contribution in [0.15, 0.2) is 61.2 Å². The van der Waals surface area contributed by atoms with Crippen molar-refractivity contribution in [3.63, 3.8) is 0 Å². The topological polar surface area (TPSA) is 279 Å². The number of halogens is 10. The van der Waals surface area contributed by atoms with Gasteiger partial charge in [0.2, 0.25) is 48.1 Å². The second-order valence-electron chi connectivity index (χ2n) is 22.0.